The van der Waals surface area contributed by atoms with Crippen molar-refractivity contribution in [3.8, 4) is 22.8 Å². The lowest BCUT2D eigenvalue weighted by Crippen LogP contribution is -2.55. The predicted molar refractivity (Wildman–Crippen MR) is 141 cm³/mol. The van der Waals surface area contributed by atoms with E-state index in [0.717, 1.165) is 11.8 Å². The summed E-state index contributed by atoms with van der Waals surface area (Å²) >= 11 is 0. The Morgan fingerprint density at radius 1 is 1.17 bits per heavy atom. The zero-order valence-corrected chi connectivity index (χ0v) is 22.5. The number of nitrogens with zero attached hydrogens (tertiary/aromatic N) is 2. The molecule has 0 saturated carbocycles. The minimum absolute atomic E-state index is 0.00711. The molecule has 5 rings (SSSR count). The fourth-order valence-corrected chi connectivity index (χ4v) is 5.39. The number of aliphatic carboxylic acids is 1. The van der Waals surface area contributed by atoms with Crippen molar-refractivity contribution in [1.29, 1.82) is 0 Å². The van der Waals surface area contributed by atoms with Gasteiger partial charge in [0.05, 0.1) is 25.3 Å². The summed E-state index contributed by atoms with van der Waals surface area (Å²) in [5, 5.41) is 19.8. The first-order chi connectivity index (χ1) is 19.5. The van der Waals surface area contributed by atoms with Crippen molar-refractivity contribution in [2.45, 2.75) is 57.2 Å². The summed E-state index contributed by atoms with van der Waals surface area (Å²) in [6, 6.07) is 10.2. The van der Waals surface area contributed by atoms with Gasteiger partial charge in [0, 0.05) is 24.7 Å². The number of halogens is 4. The van der Waals surface area contributed by atoms with Crippen LogP contribution in [0, 0.1) is 11.7 Å². The molecule has 1 saturated heterocycles. The van der Waals surface area contributed by atoms with Gasteiger partial charge in [-0.2, -0.15) is 13.2 Å². The summed E-state index contributed by atoms with van der Waals surface area (Å²) in [6.45, 7) is 1.65. The SMILES string of the molecule is COc1cc(-c2ccc(C3CCc4ccc([C@H](O)[C@H](C)C(=O)O)cc4O3)cc2CN2CCC2C(F)(F)F)c(F)cn1. The van der Waals surface area contributed by atoms with Crippen molar-refractivity contribution >= 4 is 5.97 Å². The highest BCUT2D eigenvalue weighted by Gasteiger charge is 2.48. The highest BCUT2D eigenvalue weighted by atomic mass is 19.4. The van der Waals surface area contributed by atoms with Crippen LogP contribution < -0.4 is 9.47 Å². The quantitative estimate of drug-likeness (QED) is 0.326. The van der Waals surface area contributed by atoms with Gasteiger partial charge in [-0.05, 0) is 60.1 Å². The van der Waals surface area contributed by atoms with Gasteiger partial charge in [-0.3, -0.25) is 9.69 Å². The molecule has 2 aliphatic rings. The zero-order valence-electron chi connectivity index (χ0n) is 22.5. The van der Waals surface area contributed by atoms with Crippen molar-refractivity contribution in [1.82, 2.24) is 9.88 Å². The second-order valence-electron chi connectivity index (χ2n) is 10.5. The highest BCUT2D eigenvalue weighted by molar-refractivity contribution is 5.71. The van der Waals surface area contributed by atoms with Crippen LogP contribution in [-0.4, -0.2) is 51.9 Å². The third-order valence-corrected chi connectivity index (χ3v) is 7.95. The number of fused-ring (bicyclic) bond motifs is 1. The number of alkyl halides is 3. The van der Waals surface area contributed by atoms with E-state index in [9.17, 15) is 32.6 Å². The van der Waals surface area contributed by atoms with E-state index in [1.807, 2.05) is 0 Å². The van der Waals surface area contributed by atoms with E-state index in [4.69, 9.17) is 9.47 Å². The number of carbonyl (C=O) groups is 1. The molecule has 0 spiro atoms. The van der Waals surface area contributed by atoms with Gasteiger partial charge in [0.15, 0.2) is 0 Å². The summed E-state index contributed by atoms with van der Waals surface area (Å²) in [6.07, 6.45) is -3.78. The van der Waals surface area contributed by atoms with E-state index in [1.54, 1.807) is 36.4 Å². The van der Waals surface area contributed by atoms with E-state index in [0.29, 0.717) is 40.8 Å². The van der Waals surface area contributed by atoms with Crippen LogP contribution in [0.25, 0.3) is 11.1 Å². The molecule has 218 valence electrons. The standard InChI is InChI=1S/C30H30F4N2O5/c1-16(29(38)39)28(37)19-4-3-17-6-8-24(41-25(17)12-19)18-5-7-21(22-13-27(40-2)35-14-23(22)31)20(11-18)15-36-10-9-26(36)30(32,33)34/h3-5,7,11-14,16,24,26,28,37H,6,8-10,15H2,1-2H3,(H,38,39)/t16-,24?,26?,28+/m0/s1. The third kappa shape index (κ3) is 5.87. The van der Waals surface area contributed by atoms with Crippen molar-refractivity contribution in [3.05, 3.63) is 76.7 Å². The first-order valence-corrected chi connectivity index (χ1v) is 13.3. The van der Waals surface area contributed by atoms with Gasteiger partial charge in [-0.1, -0.05) is 30.3 Å². The van der Waals surface area contributed by atoms with E-state index in [1.165, 1.54) is 25.0 Å². The number of hydrogen-bond donors (Lipinski definition) is 2. The zero-order chi connectivity index (χ0) is 29.5. The van der Waals surface area contributed by atoms with Gasteiger partial charge in [0.25, 0.3) is 0 Å². The van der Waals surface area contributed by atoms with Gasteiger partial charge in [0.2, 0.25) is 5.88 Å². The predicted octanol–water partition coefficient (Wildman–Crippen LogP) is 5.85. The molecule has 2 N–H and O–H groups in total. The monoisotopic (exact) mass is 574 g/mol. The van der Waals surface area contributed by atoms with E-state index in [2.05, 4.69) is 4.98 Å². The summed E-state index contributed by atoms with van der Waals surface area (Å²) in [4.78, 5) is 16.5. The van der Waals surface area contributed by atoms with Crippen molar-refractivity contribution in [2.24, 2.45) is 5.92 Å². The number of aliphatic hydroxyl groups excluding tert-OH is 1. The van der Waals surface area contributed by atoms with Crippen LogP contribution in [-0.2, 0) is 17.8 Å². The van der Waals surface area contributed by atoms with Gasteiger partial charge in [-0.25, -0.2) is 9.37 Å². The molecule has 0 amide bonds. The summed E-state index contributed by atoms with van der Waals surface area (Å²) in [5.74, 6) is -2.08. The normalized spacial score (nSPS) is 20.4. The van der Waals surface area contributed by atoms with E-state index >= 15 is 0 Å². The Hall–Kier alpha value is -3.70. The lowest BCUT2D eigenvalue weighted by atomic mass is 9.90. The van der Waals surface area contributed by atoms with Gasteiger partial charge < -0.3 is 19.7 Å². The Kier molecular flexibility index (Phi) is 7.93. The molecule has 4 atom stereocenters. The molecule has 0 aliphatic carbocycles. The largest absolute Gasteiger partial charge is 0.485 e. The molecule has 2 aromatic carbocycles. The average Bonchev–Trinajstić information content (AvgIpc) is 2.93. The maximum absolute atomic E-state index is 14.9. The number of aliphatic hydroxyl groups is 1. The van der Waals surface area contributed by atoms with Gasteiger partial charge >= 0.3 is 12.1 Å². The number of likely N-dealkylation sites (tertiary alicyclic amines) is 1. The summed E-state index contributed by atoms with van der Waals surface area (Å²) in [7, 11) is 1.40. The Labute approximate surface area is 234 Å². The molecular weight excluding hydrogens is 544 g/mol. The van der Waals surface area contributed by atoms with Crippen LogP contribution in [0.15, 0.2) is 48.7 Å². The molecular formula is C30H30F4N2O5. The molecule has 0 bridgehead atoms. The Balaban J connectivity index is 1.48. The molecule has 2 aliphatic heterocycles. The first kappa shape index (κ1) is 28.8. The number of rotatable bonds is 8. The number of methoxy groups -OCH3 is 1. The number of hydrogen-bond acceptors (Lipinski definition) is 6. The number of benzene rings is 2. The number of carboxylic acid groups (broad SMARTS) is 1. The molecule has 1 aromatic heterocycles. The van der Waals surface area contributed by atoms with Crippen molar-refractivity contribution in [2.75, 3.05) is 13.7 Å². The molecule has 3 heterocycles. The second kappa shape index (κ2) is 11.3. The summed E-state index contributed by atoms with van der Waals surface area (Å²) < 4.78 is 66.9. The number of pyridine rings is 1. The minimum Gasteiger partial charge on any atom is -0.485 e. The number of aryl methyl sites for hydroxylation is 1. The molecule has 1 fully saturated rings. The Morgan fingerprint density at radius 2 is 1.95 bits per heavy atom. The number of ether oxygens (including phenoxy) is 2. The fourth-order valence-electron chi connectivity index (χ4n) is 5.39. The Bertz CT molecular complexity index is 1450. The van der Waals surface area contributed by atoms with Gasteiger partial charge in [0.1, 0.15) is 23.7 Å². The summed E-state index contributed by atoms with van der Waals surface area (Å²) in [5.41, 5.74) is 3.14. The Morgan fingerprint density at radius 3 is 2.61 bits per heavy atom. The molecule has 7 nitrogen and oxygen atoms in total. The topological polar surface area (TPSA) is 92.1 Å². The van der Waals surface area contributed by atoms with E-state index < -0.39 is 42.1 Å². The fraction of sp³-hybridized carbons (Fsp3) is 0.400. The number of carboxylic acids is 1. The van der Waals surface area contributed by atoms with Crippen LogP contribution in [0.2, 0.25) is 0 Å². The average molecular weight is 575 g/mol. The molecule has 3 aromatic rings. The van der Waals surface area contributed by atoms with Gasteiger partial charge in [-0.15, -0.1) is 0 Å². The maximum Gasteiger partial charge on any atom is 0.404 e. The van der Waals surface area contributed by atoms with Crippen molar-refractivity contribution in [3.63, 3.8) is 0 Å². The van der Waals surface area contributed by atoms with Crippen LogP contribution in [0.3, 0.4) is 0 Å². The van der Waals surface area contributed by atoms with Crippen LogP contribution in [0.4, 0.5) is 17.6 Å². The smallest absolute Gasteiger partial charge is 0.404 e. The molecule has 2 unspecified atom stereocenters. The molecule has 41 heavy (non-hydrogen) atoms. The van der Waals surface area contributed by atoms with Crippen LogP contribution in [0.5, 0.6) is 11.6 Å². The third-order valence-electron chi connectivity index (χ3n) is 7.95. The number of aromatic nitrogens is 1. The molecule has 0 radical (unpaired) electrons. The first-order valence-electron chi connectivity index (χ1n) is 13.3. The van der Waals surface area contributed by atoms with Crippen molar-refractivity contribution < 1.29 is 42.0 Å². The lowest BCUT2D eigenvalue weighted by molar-refractivity contribution is -0.212. The van der Waals surface area contributed by atoms with Crippen LogP contribution >= 0.6 is 0 Å². The van der Waals surface area contributed by atoms with E-state index in [-0.39, 0.29) is 31.0 Å². The maximum atomic E-state index is 14.9. The van der Waals surface area contributed by atoms with Crippen LogP contribution in [0.1, 0.15) is 54.2 Å². The minimum atomic E-state index is -4.36. The second-order valence-corrected chi connectivity index (χ2v) is 10.5. The lowest BCUT2D eigenvalue weighted by Gasteiger charge is -2.42. The molecule has 11 heteroatoms. The highest BCUT2D eigenvalue weighted by Crippen LogP contribution is 2.41.